The molecule has 28 heavy (non-hydrogen) atoms. The number of carbonyl (C=O) groups is 1. The highest BCUT2D eigenvalue weighted by atomic mass is 32.2. The van der Waals surface area contributed by atoms with Crippen molar-refractivity contribution >= 4 is 49.1 Å². The second-order valence-electron chi connectivity index (χ2n) is 6.05. The smallest absolute Gasteiger partial charge is 0.283 e. The molecule has 3 aromatic rings. The van der Waals surface area contributed by atoms with Gasteiger partial charge in [0.15, 0.2) is 14.6 Å². The minimum atomic E-state index is -3.31. The molecule has 0 saturated heterocycles. The summed E-state index contributed by atoms with van der Waals surface area (Å²) in [6.45, 7) is 0.664. The van der Waals surface area contributed by atoms with Gasteiger partial charge in [0.2, 0.25) is 0 Å². The summed E-state index contributed by atoms with van der Waals surface area (Å²) in [5, 5.41) is 0. The van der Waals surface area contributed by atoms with Crippen LogP contribution in [-0.4, -0.2) is 44.3 Å². The third kappa shape index (κ3) is 4.31. The molecule has 0 saturated carbocycles. The Kier molecular flexibility index (Phi) is 6.26. The molecule has 0 aliphatic heterocycles. The summed E-state index contributed by atoms with van der Waals surface area (Å²) in [6.07, 6.45) is 3.19. The maximum Gasteiger partial charge on any atom is 0.283 e. The number of aryl methyl sites for hydroxylation is 1. The van der Waals surface area contributed by atoms with Crippen molar-refractivity contribution in [1.29, 1.82) is 0 Å². The lowest BCUT2D eigenvalue weighted by Gasteiger charge is -2.05. The second kappa shape index (κ2) is 8.50. The lowest BCUT2D eigenvalue weighted by Crippen LogP contribution is -2.18. The number of aromatic nitrogens is 1. The highest BCUT2D eigenvalue weighted by Crippen LogP contribution is 2.23. The van der Waals surface area contributed by atoms with E-state index in [1.165, 1.54) is 24.7 Å². The highest BCUT2D eigenvalue weighted by Gasteiger charge is 2.15. The maximum atomic E-state index is 12.8. The number of carbonyl (C=O) groups excluding carboxylic acids is 1. The molecule has 0 unspecified atom stereocenters. The van der Waals surface area contributed by atoms with Gasteiger partial charge in [-0.15, -0.1) is 0 Å². The van der Waals surface area contributed by atoms with Crippen molar-refractivity contribution in [2.45, 2.75) is 11.4 Å². The monoisotopic (exact) mass is 436 g/mol. The molecule has 148 valence electrons. The Balaban J connectivity index is 2.17. The lowest BCUT2D eigenvalue weighted by atomic mass is 10.2. The van der Waals surface area contributed by atoms with E-state index < -0.39 is 15.7 Å². The van der Waals surface area contributed by atoms with E-state index in [1.54, 1.807) is 54.2 Å². The van der Waals surface area contributed by atoms with Crippen LogP contribution in [0.1, 0.15) is 10.4 Å². The van der Waals surface area contributed by atoms with Gasteiger partial charge in [-0.2, -0.15) is 16.8 Å². The Labute approximate surface area is 171 Å². The summed E-state index contributed by atoms with van der Waals surface area (Å²) in [7, 11) is -1.80. The summed E-state index contributed by atoms with van der Waals surface area (Å²) in [5.74, 6) is 0.910. The van der Waals surface area contributed by atoms with Crippen LogP contribution in [0.4, 0.5) is 0 Å². The molecule has 3 rings (SSSR count). The van der Waals surface area contributed by atoms with E-state index in [4.69, 9.17) is 4.74 Å². The molecular formula is C19H20N2O4S3. The Morgan fingerprint density at radius 2 is 2.00 bits per heavy atom. The number of rotatable bonds is 6. The lowest BCUT2D eigenvalue weighted by molar-refractivity contribution is 0.0995. The number of thioether (sulfide) groups is 1. The van der Waals surface area contributed by atoms with Gasteiger partial charge in [-0.25, -0.2) is 8.42 Å². The molecule has 2 aromatic carbocycles. The predicted octanol–water partition coefficient (Wildman–Crippen LogP) is 3.22. The van der Waals surface area contributed by atoms with Gasteiger partial charge in [0.25, 0.3) is 5.91 Å². The van der Waals surface area contributed by atoms with Crippen LogP contribution in [0.3, 0.4) is 0 Å². The molecule has 0 radical (unpaired) electrons. The van der Waals surface area contributed by atoms with Gasteiger partial charge in [0.05, 0.1) is 27.8 Å². The maximum absolute atomic E-state index is 12.8. The van der Waals surface area contributed by atoms with Gasteiger partial charge < -0.3 is 9.30 Å². The van der Waals surface area contributed by atoms with Crippen LogP contribution in [0.15, 0.2) is 52.4 Å². The molecule has 0 N–H and O–H groups in total. The molecule has 6 nitrogen and oxygen atoms in total. The zero-order valence-electron chi connectivity index (χ0n) is 15.7. The molecular weight excluding hydrogens is 416 g/mol. The first-order valence-corrected chi connectivity index (χ1v) is 12.5. The normalized spacial score (nSPS) is 12.5. The van der Waals surface area contributed by atoms with Crippen molar-refractivity contribution in [1.82, 2.24) is 4.57 Å². The largest absolute Gasteiger partial charge is 0.496 e. The van der Waals surface area contributed by atoms with E-state index in [0.717, 1.165) is 16.0 Å². The third-order valence-corrected chi connectivity index (χ3v) is 6.88. The average Bonchev–Trinajstić information content (AvgIpc) is 3.01. The van der Waals surface area contributed by atoms with Gasteiger partial charge >= 0.3 is 0 Å². The summed E-state index contributed by atoms with van der Waals surface area (Å²) in [5.41, 5.74) is 1.24. The Morgan fingerprint density at radius 3 is 2.68 bits per heavy atom. The Hall–Kier alpha value is -2.10. The van der Waals surface area contributed by atoms with Crippen molar-refractivity contribution < 1.29 is 17.9 Å². The fourth-order valence-electron chi connectivity index (χ4n) is 2.74. The molecule has 0 spiro atoms. The predicted molar refractivity (Wildman–Crippen MR) is 114 cm³/mol. The number of hydrogen-bond donors (Lipinski definition) is 0. The van der Waals surface area contributed by atoms with Crippen LogP contribution in [0, 0.1) is 0 Å². The topological polar surface area (TPSA) is 77.7 Å². The molecule has 0 atom stereocenters. The zero-order valence-corrected chi connectivity index (χ0v) is 18.2. The number of thiazole rings is 1. The fraction of sp³-hybridized carbons (Fsp3) is 0.263. The van der Waals surface area contributed by atoms with Crippen molar-refractivity contribution in [3.8, 4) is 5.75 Å². The quantitative estimate of drug-likeness (QED) is 0.593. The number of ether oxygens (including phenoxy) is 1. The Bertz CT molecular complexity index is 1190. The SMILES string of the molecule is COc1ccccc1C(=O)N=c1sc2cc(S(C)(=O)=O)ccc2n1CCSC. The molecule has 1 amide bonds. The molecule has 0 bridgehead atoms. The summed E-state index contributed by atoms with van der Waals surface area (Å²) in [4.78, 5) is 17.9. The second-order valence-corrected chi connectivity index (χ2v) is 10.1. The molecule has 0 aliphatic rings. The number of nitrogens with zero attached hydrogens (tertiary/aromatic N) is 2. The summed E-state index contributed by atoms with van der Waals surface area (Å²) in [6, 6.07) is 11.9. The first-order chi connectivity index (χ1) is 13.3. The van der Waals surface area contributed by atoms with E-state index in [-0.39, 0.29) is 4.90 Å². The molecule has 1 heterocycles. The van der Waals surface area contributed by atoms with Crippen LogP contribution in [0.2, 0.25) is 0 Å². The fourth-order valence-corrected chi connectivity index (χ4v) is 4.92. The van der Waals surface area contributed by atoms with Crippen LogP contribution in [0.25, 0.3) is 10.2 Å². The van der Waals surface area contributed by atoms with Crippen LogP contribution in [-0.2, 0) is 16.4 Å². The molecule has 0 fully saturated rings. The van der Waals surface area contributed by atoms with Crippen LogP contribution < -0.4 is 9.54 Å². The molecule has 0 aliphatic carbocycles. The van der Waals surface area contributed by atoms with E-state index >= 15 is 0 Å². The van der Waals surface area contributed by atoms with Crippen molar-refractivity contribution in [2.75, 3.05) is 25.4 Å². The number of sulfone groups is 1. The van der Waals surface area contributed by atoms with Crippen molar-refractivity contribution in [3.63, 3.8) is 0 Å². The van der Waals surface area contributed by atoms with E-state index in [1.807, 2.05) is 10.8 Å². The van der Waals surface area contributed by atoms with Crippen LogP contribution in [0.5, 0.6) is 5.75 Å². The zero-order chi connectivity index (χ0) is 20.3. The summed E-state index contributed by atoms with van der Waals surface area (Å²) < 4.78 is 31.7. The van der Waals surface area contributed by atoms with Gasteiger partial charge in [0.1, 0.15) is 5.75 Å². The standard InChI is InChI=1S/C19H20N2O4S3/c1-25-16-7-5-4-6-14(16)18(22)20-19-21(10-11-26-2)15-9-8-13(28(3,23)24)12-17(15)27-19/h4-9,12H,10-11H2,1-3H3. The van der Waals surface area contributed by atoms with E-state index in [9.17, 15) is 13.2 Å². The number of amides is 1. The van der Waals surface area contributed by atoms with Gasteiger partial charge in [0, 0.05) is 18.6 Å². The molecule has 9 heteroatoms. The number of hydrogen-bond acceptors (Lipinski definition) is 6. The van der Waals surface area contributed by atoms with E-state index in [2.05, 4.69) is 4.99 Å². The minimum absolute atomic E-state index is 0.251. The number of methoxy groups -OCH3 is 1. The third-order valence-electron chi connectivity index (χ3n) is 4.14. The summed E-state index contributed by atoms with van der Waals surface area (Å²) >= 11 is 2.99. The van der Waals surface area contributed by atoms with Gasteiger partial charge in [-0.1, -0.05) is 23.5 Å². The number of para-hydroxylation sites is 1. The number of benzene rings is 2. The first-order valence-electron chi connectivity index (χ1n) is 8.39. The van der Waals surface area contributed by atoms with E-state index in [0.29, 0.717) is 22.7 Å². The highest BCUT2D eigenvalue weighted by molar-refractivity contribution is 7.98. The van der Waals surface area contributed by atoms with Gasteiger partial charge in [-0.3, -0.25) is 4.79 Å². The Morgan fingerprint density at radius 1 is 1.25 bits per heavy atom. The van der Waals surface area contributed by atoms with Crippen LogP contribution >= 0.6 is 23.1 Å². The average molecular weight is 437 g/mol. The molecule has 1 aromatic heterocycles. The van der Waals surface area contributed by atoms with Crippen molar-refractivity contribution in [2.24, 2.45) is 4.99 Å². The minimum Gasteiger partial charge on any atom is -0.496 e. The number of fused-ring (bicyclic) bond motifs is 1. The van der Waals surface area contributed by atoms with Gasteiger partial charge in [-0.05, 0) is 36.6 Å². The van der Waals surface area contributed by atoms with Crippen molar-refractivity contribution in [3.05, 3.63) is 52.8 Å². The first kappa shape index (κ1) is 20.6.